The number of anilines is 3. The molecular formula is C48H48F3N9O8. The first kappa shape index (κ1) is 47.0. The number of pyridine rings is 1. The number of carbonyl (C=O) groups is 6. The number of imide groups is 2. The number of hydrogen-bond acceptors (Lipinski definition) is 12. The largest absolute Gasteiger partial charge is 0.473 e. The molecule has 3 aliphatic rings. The molecule has 0 radical (unpaired) electrons. The van der Waals surface area contributed by atoms with Crippen LogP contribution in [-0.4, -0.2) is 98.8 Å². The zero-order valence-electron chi connectivity index (χ0n) is 37.2. The topological polar surface area (TPSA) is 207 Å². The summed E-state index contributed by atoms with van der Waals surface area (Å²) in [5.41, 5.74) is 3.61. The third kappa shape index (κ3) is 10.5. The lowest BCUT2D eigenvalue weighted by atomic mass is 10.0. The first-order valence-corrected chi connectivity index (χ1v) is 22.3. The van der Waals surface area contributed by atoms with Crippen LogP contribution in [-0.2, 0) is 38.3 Å². The lowest BCUT2D eigenvalue weighted by molar-refractivity contribution is -0.138. The van der Waals surface area contributed by atoms with E-state index in [-0.39, 0.29) is 53.7 Å². The minimum Gasteiger partial charge on any atom is -0.473 e. The lowest BCUT2D eigenvalue weighted by Gasteiger charge is -2.30. The van der Waals surface area contributed by atoms with Crippen molar-refractivity contribution in [3.05, 3.63) is 113 Å². The zero-order valence-corrected chi connectivity index (χ0v) is 37.2. The highest BCUT2D eigenvalue weighted by molar-refractivity contribution is 6.26. The molecule has 0 spiro atoms. The summed E-state index contributed by atoms with van der Waals surface area (Å²) in [6.07, 6.45) is 0.947. The number of aromatic nitrogens is 4. The van der Waals surface area contributed by atoms with Gasteiger partial charge in [-0.3, -0.25) is 39.0 Å². The van der Waals surface area contributed by atoms with Crippen molar-refractivity contribution in [2.75, 3.05) is 41.8 Å². The van der Waals surface area contributed by atoms with E-state index in [4.69, 9.17) is 14.5 Å². The molecule has 68 heavy (non-hydrogen) atoms. The molecule has 5 heterocycles. The van der Waals surface area contributed by atoms with Crippen molar-refractivity contribution in [3.63, 3.8) is 0 Å². The standard InChI is InChI=1S/C48H48F3N9O8/c1-28-13-14-33(54-43(63)30-8-6-9-32(23-30)48(49,50)51)25-36(28)31-24-39(58-18-20-67-21-19-58)45(52-26-31)68-29(2)22-34-27-53-57-59(34)17-5-3-4-12-40(61)55-37-11-7-10-35-42(37)47(66)60(46(35)65)38-15-16-41(62)56-44(38)64/h6-11,13-14,23-27,29,38H,3-5,12,15-22H2,1-2H3,(H,54,63)(H,55,61)(H,56,62,64). The van der Waals surface area contributed by atoms with Crippen LogP contribution in [0.3, 0.4) is 0 Å². The van der Waals surface area contributed by atoms with Crippen molar-refractivity contribution in [1.29, 1.82) is 0 Å². The quantitative estimate of drug-likeness (QED) is 0.0730. The first-order chi connectivity index (χ1) is 32.6. The van der Waals surface area contributed by atoms with Crippen LogP contribution >= 0.6 is 0 Å². The maximum absolute atomic E-state index is 13.4. The number of halogens is 3. The lowest BCUT2D eigenvalue weighted by Crippen LogP contribution is -2.54. The number of carbonyl (C=O) groups excluding carboxylic acids is 6. The number of morpholine rings is 1. The Hall–Kier alpha value is -7.48. The number of amides is 6. The van der Waals surface area contributed by atoms with Gasteiger partial charge < -0.3 is 25.0 Å². The summed E-state index contributed by atoms with van der Waals surface area (Å²) in [6.45, 7) is 6.59. The van der Waals surface area contributed by atoms with E-state index in [0.29, 0.717) is 70.1 Å². The Labute approximate surface area is 388 Å². The fourth-order valence-electron chi connectivity index (χ4n) is 8.47. The number of unbranched alkanes of at least 4 members (excludes halogenated alkanes) is 2. The Kier molecular flexibility index (Phi) is 14.0. The van der Waals surface area contributed by atoms with Crippen molar-refractivity contribution >= 4 is 52.5 Å². The van der Waals surface area contributed by atoms with E-state index in [1.165, 1.54) is 24.3 Å². The van der Waals surface area contributed by atoms with Crippen LogP contribution in [0.5, 0.6) is 5.88 Å². The summed E-state index contributed by atoms with van der Waals surface area (Å²) < 4.78 is 53.9. The Morgan fingerprint density at radius 2 is 1.72 bits per heavy atom. The van der Waals surface area contributed by atoms with Gasteiger partial charge in [-0.2, -0.15) is 13.2 Å². The van der Waals surface area contributed by atoms with E-state index in [1.807, 2.05) is 26.0 Å². The first-order valence-electron chi connectivity index (χ1n) is 22.3. The van der Waals surface area contributed by atoms with Crippen LogP contribution in [0.2, 0.25) is 0 Å². The second-order valence-electron chi connectivity index (χ2n) is 16.8. The van der Waals surface area contributed by atoms with Crippen LogP contribution in [0, 0.1) is 6.92 Å². The van der Waals surface area contributed by atoms with Gasteiger partial charge >= 0.3 is 6.18 Å². The zero-order chi connectivity index (χ0) is 48.1. The van der Waals surface area contributed by atoms with Crippen LogP contribution in [0.25, 0.3) is 11.1 Å². The van der Waals surface area contributed by atoms with Crippen molar-refractivity contribution in [1.82, 2.24) is 30.2 Å². The summed E-state index contributed by atoms with van der Waals surface area (Å²) in [5.74, 6) is -3.14. The van der Waals surface area contributed by atoms with Gasteiger partial charge in [0.05, 0.1) is 47.5 Å². The fourth-order valence-corrected chi connectivity index (χ4v) is 8.47. The summed E-state index contributed by atoms with van der Waals surface area (Å²) in [6, 6.07) is 14.9. The van der Waals surface area contributed by atoms with Gasteiger partial charge in [-0.05, 0) is 92.8 Å². The van der Waals surface area contributed by atoms with Gasteiger partial charge in [0.2, 0.25) is 23.6 Å². The average molecular weight is 936 g/mol. The normalized spacial score (nSPS) is 16.6. The molecular weight excluding hydrogens is 888 g/mol. The van der Waals surface area contributed by atoms with E-state index in [9.17, 15) is 41.9 Å². The smallest absolute Gasteiger partial charge is 0.416 e. The molecule has 0 aliphatic carbocycles. The highest BCUT2D eigenvalue weighted by Crippen LogP contribution is 2.36. The average Bonchev–Trinajstić information content (AvgIpc) is 3.86. The third-order valence-electron chi connectivity index (χ3n) is 12.0. The van der Waals surface area contributed by atoms with Crippen LogP contribution < -0.4 is 25.6 Å². The van der Waals surface area contributed by atoms with E-state index < -0.39 is 47.3 Å². The van der Waals surface area contributed by atoms with Crippen LogP contribution in [0.15, 0.2) is 79.1 Å². The molecule has 5 aromatic rings. The molecule has 2 fully saturated rings. The monoisotopic (exact) mass is 935 g/mol. The maximum Gasteiger partial charge on any atom is 0.416 e. The van der Waals surface area contributed by atoms with Gasteiger partial charge in [-0.1, -0.05) is 29.8 Å². The number of alkyl halides is 3. The minimum atomic E-state index is -4.59. The Morgan fingerprint density at radius 3 is 2.50 bits per heavy atom. The van der Waals surface area contributed by atoms with E-state index >= 15 is 0 Å². The molecule has 3 N–H and O–H groups in total. The number of ether oxygens (including phenoxy) is 2. The van der Waals surface area contributed by atoms with Gasteiger partial charge in [-0.15, -0.1) is 5.10 Å². The van der Waals surface area contributed by atoms with Crippen molar-refractivity contribution in [2.24, 2.45) is 0 Å². The number of nitrogens with zero attached hydrogens (tertiary/aromatic N) is 6. The van der Waals surface area contributed by atoms with Crippen molar-refractivity contribution < 1.29 is 51.4 Å². The predicted molar refractivity (Wildman–Crippen MR) is 241 cm³/mol. The molecule has 2 atom stereocenters. The number of benzene rings is 3. The van der Waals surface area contributed by atoms with Crippen LogP contribution in [0.4, 0.5) is 30.2 Å². The maximum atomic E-state index is 13.4. The molecule has 6 amide bonds. The minimum absolute atomic E-state index is 0.00202. The molecule has 0 bridgehead atoms. The number of rotatable bonds is 16. The van der Waals surface area contributed by atoms with Crippen molar-refractivity contribution in [2.45, 2.75) is 83.7 Å². The Morgan fingerprint density at radius 1 is 0.926 bits per heavy atom. The van der Waals surface area contributed by atoms with Crippen molar-refractivity contribution in [3.8, 4) is 17.0 Å². The third-order valence-corrected chi connectivity index (χ3v) is 12.0. The molecule has 20 heteroatoms. The molecule has 8 rings (SSSR count). The highest BCUT2D eigenvalue weighted by Gasteiger charge is 2.45. The van der Waals surface area contributed by atoms with Gasteiger partial charge in [0, 0.05) is 61.9 Å². The van der Waals surface area contributed by atoms with Gasteiger partial charge in [0.15, 0.2) is 0 Å². The Bertz CT molecular complexity index is 2770. The molecule has 2 saturated heterocycles. The van der Waals surface area contributed by atoms with E-state index in [2.05, 4.69) is 31.2 Å². The summed E-state index contributed by atoms with van der Waals surface area (Å²) in [7, 11) is 0. The number of nitrogens with one attached hydrogen (secondary N) is 3. The molecule has 3 aromatic carbocycles. The Balaban J connectivity index is 0.858. The van der Waals surface area contributed by atoms with E-state index in [1.54, 1.807) is 35.3 Å². The molecule has 0 saturated carbocycles. The second-order valence-corrected chi connectivity index (χ2v) is 16.8. The van der Waals surface area contributed by atoms with Gasteiger partial charge in [-0.25, -0.2) is 9.67 Å². The SMILES string of the molecule is Cc1ccc(NC(=O)c2cccc(C(F)(F)F)c2)cc1-c1cnc(OC(C)Cc2cnnn2CCCCCC(=O)Nc2cccc3c2C(=O)N(C2CCC(=O)NC2=O)C3=O)c(N2CCOCC2)c1. The summed E-state index contributed by atoms with van der Waals surface area (Å²) >= 11 is 0. The van der Waals surface area contributed by atoms with Gasteiger partial charge in [0.25, 0.3) is 17.7 Å². The number of hydrogen-bond donors (Lipinski definition) is 3. The molecule has 17 nitrogen and oxygen atoms in total. The number of fused-ring (bicyclic) bond motifs is 1. The summed E-state index contributed by atoms with van der Waals surface area (Å²) in [5, 5.41) is 16.1. The molecule has 354 valence electrons. The van der Waals surface area contributed by atoms with E-state index in [0.717, 1.165) is 45.1 Å². The number of piperidine rings is 1. The molecule has 2 aromatic heterocycles. The predicted octanol–water partition coefficient (Wildman–Crippen LogP) is 6.37. The molecule has 3 aliphatic heterocycles. The molecule has 2 unspecified atom stereocenters. The highest BCUT2D eigenvalue weighted by atomic mass is 19.4. The number of aryl methyl sites for hydroxylation is 2. The summed E-state index contributed by atoms with van der Waals surface area (Å²) in [4.78, 5) is 84.5. The van der Waals surface area contributed by atoms with Crippen LogP contribution in [0.1, 0.15) is 93.3 Å². The van der Waals surface area contributed by atoms with Gasteiger partial charge in [0.1, 0.15) is 17.8 Å². The second kappa shape index (κ2) is 20.2. The fraction of sp³-hybridized carbons (Fsp3) is 0.354.